The Morgan fingerprint density at radius 2 is 2.00 bits per heavy atom. The van der Waals surface area contributed by atoms with Gasteiger partial charge >= 0.3 is 5.97 Å². The Bertz CT molecular complexity index is 707. The van der Waals surface area contributed by atoms with Crippen molar-refractivity contribution in [2.75, 3.05) is 0 Å². The maximum atomic E-state index is 13.4. The van der Waals surface area contributed by atoms with Crippen LogP contribution >= 0.6 is 11.6 Å². The second-order valence-corrected chi connectivity index (χ2v) is 4.25. The van der Waals surface area contributed by atoms with E-state index < -0.39 is 11.8 Å². The molecule has 0 aliphatic rings. The zero-order chi connectivity index (χ0) is 14.0. The smallest absolute Gasteiger partial charge is 0.335 e. The summed E-state index contributed by atoms with van der Waals surface area (Å²) in [4.78, 5) is 10.8. The van der Waals surface area contributed by atoms with Crippen LogP contribution in [0.4, 0.5) is 4.39 Å². The number of hydrogen-bond donors (Lipinski definition) is 1. The van der Waals surface area contributed by atoms with Gasteiger partial charge in [0, 0.05) is 10.6 Å². The molecule has 2 aromatic rings. The Morgan fingerprint density at radius 3 is 2.58 bits per heavy atom. The fourth-order valence-corrected chi connectivity index (χ4v) is 1.98. The molecule has 0 saturated carbocycles. The van der Waals surface area contributed by atoms with Crippen molar-refractivity contribution < 1.29 is 14.3 Å². The van der Waals surface area contributed by atoms with Gasteiger partial charge in [-0.15, -0.1) is 0 Å². The van der Waals surface area contributed by atoms with Gasteiger partial charge in [-0.25, -0.2) is 9.18 Å². The molecule has 0 radical (unpaired) electrons. The van der Waals surface area contributed by atoms with Gasteiger partial charge in [0.05, 0.1) is 17.2 Å². The number of rotatable bonds is 2. The topological polar surface area (TPSA) is 61.1 Å². The number of carboxylic acids is 1. The van der Waals surface area contributed by atoms with Crippen LogP contribution in [0.15, 0.2) is 36.4 Å². The molecule has 0 saturated heterocycles. The van der Waals surface area contributed by atoms with Crippen molar-refractivity contribution in [1.29, 1.82) is 5.26 Å². The molecule has 3 nitrogen and oxygen atoms in total. The summed E-state index contributed by atoms with van der Waals surface area (Å²) < 4.78 is 13.4. The molecule has 0 spiro atoms. The molecule has 0 unspecified atom stereocenters. The van der Waals surface area contributed by atoms with Crippen LogP contribution in [0.2, 0.25) is 5.02 Å². The van der Waals surface area contributed by atoms with Crippen molar-refractivity contribution >= 4 is 17.6 Å². The van der Waals surface area contributed by atoms with E-state index in [2.05, 4.69) is 0 Å². The van der Waals surface area contributed by atoms with Crippen LogP contribution in [0.25, 0.3) is 11.1 Å². The lowest BCUT2D eigenvalue weighted by molar-refractivity contribution is 0.0697. The Kier molecular flexibility index (Phi) is 3.50. The van der Waals surface area contributed by atoms with Gasteiger partial charge < -0.3 is 5.11 Å². The summed E-state index contributed by atoms with van der Waals surface area (Å²) in [6.07, 6.45) is 0. The van der Waals surface area contributed by atoms with Gasteiger partial charge in [-0.3, -0.25) is 0 Å². The Hall–Kier alpha value is -2.38. The number of halogens is 2. The molecule has 94 valence electrons. The zero-order valence-electron chi connectivity index (χ0n) is 9.52. The van der Waals surface area contributed by atoms with E-state index in [1.165, 1.54) is 30.3 Å². The Labute approximate surface area is 113 Å². The molecule has 0 bridgehead atoms. The largest absolute Gasteiger partial charge is 0.478 e. The molecule has 0 amide bonds. The third-order valence-corrected chi connectivity index (χ3v) is 2.87. The SMILES string of the molecule is N#Cc1cc(F)cc(-c2ccc(C(=O)O)cc2Cl)c1. The zero-order valence-corrected chi connectivity index (χ0v) is 10.3. The standard InChI is InChI=1S/C14H7ClFNO2/c15-13-6-9(14(18)19)1-2-12(13)10-3-8(7-17)4-11(16)5-10/h1-6H,(H,18,19). The van der Waals surface area contributed by atoms with Crippen molar-refractivity contribution in [3.8, 4) is 17.2 Å². The number of carboxylic acid groups (broad SMARTS) is 1. The summed E-state index contributed by atoms with van der Waals surface area (Å²) in [5.41, 5.74) is 1.13. The quantitative estimate of drug-likeness (QED) is 0.909. The first-order chi connectivity index (χ1) is 9.01. The predicted molar refractivity (Wildman–Crippen MR) is 68.5 cm³/mol. The van der Waals surface area contributed by atoms with Gasteiger partial charge in [0.15, 0.2) is 0 Å². The summed E-state index contributed by atoms with van der Waals surface area (Å²) >= 11 is 5.99. The van der Waals surface area contributed by atoms with Gasteiger partial charge in [0.1, 0.15) is 5.82 Å². The maximum Gasteiger partial charge on any atom is 0.335 e. The Morgan fingerprint density at radius 1 is 1.26 bits per heavy atom. The van der Waals surface area contributed by atoms with Gasteiger partial charge in [0.2, 0.25) is 0 Å². The first-order valence-corrected chi connectivity index (χ1v) is 5.63. The third kappa shape index (κ3) is 2.72. The fraction of sp³-hybridized carbons (Fsp3) is 0. The summed E-state index contributed by atoms with van der Waals surface area (Å²) in [7, 11) is 0. The molecule has 2 rings (SSSR count). The van der Waals surface area contributed by atoms with Crippen LogP contribution in [0.3, 0.4) is 0 Å². The molecule has 2 aromatic carbocycles. The molecule has 0 aliphatic heterocycles. The van der Waals surface area contributed by atoms with Crippen LogP contribution in [0.5, 0.6) is 0 Å². The number of hydrogen-bond acceptors (Lipinski definition) is 2. The van der Waals surface area contributed by atoms with Crippen LogP contribution < -0.4 is 0 Å². The summed E-state index contributed by atoms with van der Waals surface area (Å²) in [5, 5.41) is 17.8. The van der Waals surface area contributed by atoms with Crippen LogP contribution in [0.1, 0.15) is 15.9 Å². The van der Waals surface area contributed by atoms with E-state index >= 15 is 0 Å². The minimum atomic E-state index is -1.09. The molecule has 0 aliphatic carbocycles. The highest BCUT2D eigenvalue weighted by atomic mass is 35.5. The number of aromatic carboxylic acids is 1. The first kappa shape index (κ1) is 13.1. The van der Waals surface area contributed by atoms with E-state index in [0.717, 1.165) is 6.07 Å². The minimum absolute atomic E-state index is 0.0469. The monoisotopic (exact) mass is 275 g/mol. The van der Waals surface area contributed by atoms with Crippen molar-refractivity contribution in [2.24, 2.45) is 0 Å². The van der Waals surface area contributed by atoms with Gasteiger partial charge in [-0.1, -0.05) is 17.7 Å². The first-order valence-electron chi connectivity index (χ1n) is 5.25. The van der Waals surface area contributed by atoms with Crippen molar-refractivity contribution in [2.45, 2.75) is 0 Å². The van der Waals surface area contributed by atoms with Gasteiger partial charge in [0.25, 0.3) is 0 Å². The average molecular weight is 276 g/mol. The molecule has 5 heteroatoms. The number of nitriles is 1. The maximum absolute atomic E-state index is 13.4. The lowest BCUT2D eigenvalue weighted by atomic mass is 10.0. The molecule has 1 N–H and O–H groups in total. The summed E-state index contributed by atoms with van der Waals surface area (Å²) in [5.74, 6) is -1.64. The molecule has 0 heterocycles. The van der Waals surface area contributed by atoms with Gasteiger partial charge in [-0.2, -0.15) is 5.26 Å². The van der Waals surface area contributed by atoms with E-state index in [0.29, 0.717) is 11.1 Å². The molecular formula is C14H7ClFNO2. The van der Waals surface area contributed by atoms with Crippen molar-refractivity contribution in [3.05, 3.63) is 58.4 Å². The van der Waals surface area contributed by atoms with E-state index in [4.69, 9.17) is 22.0 Å². The lowest BCUT2D eigenvalue weighted by Gasteiger charge is -2.06. The van der Waals surface area contributed by atoms with Crippen LogP contribution in [-0.2, 0) is 0 Å². The highest BCUT2D eigenvalue weighted by Crippen LogP contribution is 2.30. The van der Waals surface area contributed by atoms with Crippen LogP contribution in [0, 0.1) is 17.1 Å². The van der Waals surface area contributed by atoms with Crippen molar-refractivity contribution in [1.82, 2.24) is 0 Å². The van der Waals surface area contributed by atoms with E-state index in [1.54, 1.807) is 0 Å². The van der Waals surface area contributed by atoms with Crippen LogP contribution in [-0.4, -0.2) is 11.1 Å². The molecular weight excluding hydrogens is 269 g/mol. The van der Waals surface area contributed by atoms with E-state index in [1.807, 2.05) is 6.07 Å². The molecule has 0 fully saturated rings. The lowest BCUT2D eigenvalue weighted by Crippen LogP contribution is -1.96. The number of carbonyl (C=O) groups is 1. The summed E-state index contributed by atoms with van der Waals surface area (Å²) in [6.45, 7) is 0. The second-order valence-electron chi connectivity index (χ2n) is 3.84. The third-order valence-electron chi connectivity index (χ3n) is 2.55. The van der Waals surface area contributed by atoms with E-state index in [9.17, 15) is 9.18 Å². The Balaban J connectivity index is 2.57. The highest BCUT2D eigenvalue weighted by molar-refractivity contribution is 6.33. The average Bonchev–Trinajstić information content (AvgIpc) is 2.37. The summed E-state index contributed by atoms with van der Waals surface area (Å²) in [6, 6.07) is 9.84. The molecule has 0 atom stereocenters. The minimum Gasteiger partial charge on any atom is -0.478 e. The van der Waals surface area contributed by atoms with Crippen molar-refractivity contribution in [3.63, 3.8) is 0 Å². The molecule has 0 aromatic heterocycles. The van der Waals surface area contributed by atoms with E-state index in [-0.39, 0.29) is 16.1 Å². The second kappa shape index (κ2) is 5.09. The number of benzene rings is 2. The molecule has 19 heavy (non-hydrogen) atoms. The number of nitrogens with zero attached hydrogens (tertiary/aromatic N) is 1. The normalized spacial score (nSPS) is 9.95. The predicted octanol–water partition coefficient (Wildman–Crippen LogP) is 3.72. The fourth-order valence-electron chi connectivity index (χ4n) is 1.69. The van der Waals surface area contributed by atoms with Gasteiger partial charge in [-0.05, 0) is 35.9 Å². The highest BCUT2D eigenvalue weighted by Gasteiger charge is 2.10.